The van der Waals surface area contributed by atoms with Crippen LogP contribution in [0.25, 0.3) is 0 Å². The van der Waals surface area contributed by atoms with Crippen molar-refractivity contribution in [2.45, 2.75) is 138 Å². The number of aliphatic hydroxyl groups excluding tert-OH is 6. The quantitative estimate of drug-likeness (QED) is 0.0492. The predicted octanol–water partition coefficient (Wildman–Crippen LogP) is 4.08. The van der Waals surface area contributed by atoms with E-state index >= 15 is 0 Å². The number of aliphatic hydroxyl groups is 6. The Labute approximate surface area is 601 Å². The van der Waals surface area contributed by atoms with Gasteiger partial charge in [0, 0.05) is 35.0 Å². The SMILES string of the molecule is C=C1OCC2C(OC3OC4COC(C)OC4C(O)C3O)c3cc4c(cc3[C@@H](c3cc(OC)c(OC(=O)OCC5COCC(C)(C)CO5)c(OC)c3)[C@@H]12)OCO4.COc1cc([C@@H]2c3cc4c(cc3C(OC3OC5COC(C)OC5C(O)C3O)C3COC(=O)[C@@H]32)OCO4)cc(OC)c1OC(=O)OCC(O)CO. The van der Waals surface area contributed by atoms with Crippen LogP contribution < -0.4 is 47.4 Å². The van der Waals surface area contributed by atoms with Crippen molar-refractivity contribution in [3.63, 3.8) is 0 Å². The van der Waals surface area contributed by atoms with Gasteiger partial charge in [0.2, 0.25) is 25.1 Å². The largest absolute Gasteiger partial charge is 0.514 e. The molecule has 2 aliphatic carbocycles. The molecule has 22 atom stereocenters. The molecule has 7 saturated heterocycles. The zero-order valence-electron chi connectivity index (χ0n) is 58.7. The molecule has 4 aromatic rings. The van der Waals surface area contributed by atoms with E-state index in [-0.39, 0.29) is 105 Å². The van der Waals surface area contributed by atoms with Crippen LogP contribution in [0.3, 0.4) is 0 Å². The molecule has 0 amide bonds. The summed E-state index contributed by atoms with van der Waals surface area (Å²) in [6, 6.07) is 14.0. The molecule has 0 aromatic heterocycles. The first-order valence-electron chi connectivity index (χ1n) is 34.5. The molecule has 105 heavy (non-hydrogen) atoms. The normalized spacial score (nSPS) is 33.9. The van der Waals surface area contributed by atoms with Gasteiger partial charge in [0.1, 0.15) is 74.3 Å². The number of methoxy groups -OCH3 is 4. The number of carbonyl (C=O) groups excluding carboxylic acids is 3. The highest BCUT2D eigenvalue weighted by molar-refractivity contribution is 5.79. The van der Waals surface area contributed by atoms with Gasteiger partial charge in [-0.15, -0.1) is 0 Å². The van der Waals surface area contributed by atoms with E-state index in [4.69, 9.17) is 119 Å². The van der Waals surface area contributed by atoms with Crippen LogP contribution in [0.15, 0.2) is 60.9 Å². The molecule has 0 saturated carbocycles. The predicted molar refractivity (Wildman–Crippen MR) is 349 cm³/mol. The number of fused-ring (bicyclic) bond motifs is 8. The molecule has 4 aromatic carbocycles. The molecule has 572 valence electrons. The summed E-state index contributed by atoms with van der Waals surface area (Å²) in [6.45, 7) is 12.3. The van der Waals surface area contributed by atoms with Crippen molar-refractivity contribution in [2.75, 3.05) is 108 Å². The topological polar surface area (TPSA) is 394 Å². The van der Waals surface area contributed by atoms with Gasteiger partial charge in [-0.2, -0.15) is 0 Å². The van der Waals surface area contributed by atoms with Crippen molar-refractivity contribution in [2.24, 2.45) is 29.1 Å². The van der Waals surface area contributed by atoms with Crippen molar-refractivity contribution in [1.82, 2.24) is 0 Å². The Bertz CT molecular complexity index is 3790. The fourth-order valence-corrected chi connectivity index (χ4v) is 15.4. The van der Waals surface area contributed by atoms with E-state index in [0.29, 0.717) is 58.7 Å². The third-order valence-electron chi connectivity index (χ3n) is 20.5. The zero-order chi connectivity index (χ0) is 73.9. The number of rotatable bonds is 17. The van der Waals surface area contributed by atoms with Crippen LogP contribution in [0.5, 0.6) is 57.5 Å². The minimum absolute atomic E-state index is 0.0271. The zero-order valence-corrected chi connectivity index (χ0v) is 58.7. The van der Waals surface area contributed by atoms with Gasteiger partial charge in [-0.1, -0.05) is 20.4 Å². The molecule has 11 aliphatic rings. The smallest absolute Gasteiger partial charge is 0.498 e. The van der Waals surface area contributed by atoms with Crippen LogP contribution in [0.4, 0.5) is 9.59 Å². The molecule has 6 N–H and O–H groups in total. The molecule has 9 aliphatic heterocycles. The molecule has 33 nitrogen and oxygen atoms in total. The van der Waals surface area contributed by atoms with E-state index in [1.165, 1.54) is 28.4 Å². The minimum Gasteiger partial charge on any atom is -0.498 e. The van der Waals surface area contributed by atoms with E-state index in [1.54, 1.807) is 50.2 Å². The summed E-state index contributed by atoms with van der Waals surface area (Å²) in [7, 11) is 5.63. The molecule has 0 radical (unpaired) electrons. The summed E-state index contributed by atoms with van der Waals surface area (Å²) in [5, 5.41) is 63.0. The van der Waals surface area contributed by atoms with E-state index in [0.717, 1.165) is 16.7 Å². The molecule has 0 spiro atoms. The molecule has 7 fully saturated rings. The van der Waals surface area contributed by atoms with Crippen LogP contribution in [-0.4, -0.2) is 243 Å². The van der Waals surface area contributed by atoms with Gasteiger partial charge < -0.3 is 144 Å². The maximum absolute atomic E-state index is 13.6. The molecular weight excluding hydrogens is 1390 g/mol. The lowest BCUT2D eigenvalue weighted by molar-refractivity contribution is -0.364. The maximum Gasteiger partial charge on any atom is 0.514 e. The third-order valence-corrected chi connectivity index (χ3v) is 20.5. The summed E-state index contributed by atoms with van der Waals surface area (Å²) in [6.07, 6.45) is -17.7. The van der Waals surface area contributed by atoms with Crippen molar-refractivity contribution < 1.29 is 159 Å². The number of benzene rings is 4. The number of cyclic esters (lactones) is 1. The number of allylic oxidation sites excluding steroid dienone is 1. The monoisotopic (exact) mass is 1480 g/mol. The van der Waals surface area contributed by atoms with Gasteiger partial charge in [-0.3, -0.25) is 4.79 Å². The lowest BCUT2D eigenvalue weighted by atomic mass is 9.65. The van der Waals surface area contributed by atoms with E-state index < -0.39 is 154 Å². The fraction of sp³-hybridized carbons (Fsp3) is 0.597. The van der Waals surface area contributed by atoms with Crippen LogP contribution in [0.1, 0.15) is 85.1 Å². The summed E-state index contributed by atoms with van der Waals surface area (Å²) >= 11 is 0. The van der Waals surface area contributed by atoms with Crippen LogP contribution >= 0.6 is 0 Å². The van der Waals surface area contributed by atoms with Crippen molar-refractivity contribution in [3.05, 3.63) is 94.2 Å². The van der Waals surface area contributed by atoms with Crippen molar-refractivity contribution in [1.29, 1.82) is 0 Å². The molecule has 0 bridgehead atoms. The number of hydrogen-bond acceptors (Lipinski definition) is 33. The Hall–Kier alpha value is -7.81. The summed E-state index contributed by atoms with van der Waals surface area (Å²) in [4.78, 5) is 39.1. The third kappa shape index (κ3) is 14.7. The Balaban J connectivity index is 0.000000178. The second-order valence-corrected chi connectivity index (χ2v) is 27.9. The lowest BCUT2D eigenvalue weighted by Gasteiger charge is -2.48. The average molecular weight is 1480 g/mol. The first-order valence-corrected chi connectivity index (χ1v) is 34.5. The van der Waals surface area contributed by atoms with Gasteiger partial charge in [0.05, 0.1) is 105 Å². The Morgan fingerprint density at radius 1 is 0.552 bits per heavy atom. The molecule has 9 heterocycles. The minimum atomic E-state index is -1.49. The molecular formula is C72H86O33. The highest BCUT2D eigenvalue weighted by atomic mass is 16.8. The fourth-order valence-electron chi connectivity index (χ4n) is 15.4. The molecule has 15 rings (SSSR count). The second kappa shape index (κ2) is 30.8. The first kappa shape index (κ1) is 74.1. The maximum atomic E-state index is 13.6. The highest BCUT2D eigenvalue weighted by Gasteiger charge is 2.58. The highest BCUT2D eigenvalue weighted by Crippen LogP contribution is 2.61. The Morgan fingerprint density at radius 2 is 1.00 bits per heavy atom. The number of carbonyl (C=O) groups is 3. The van der Waals surface area contributed by atoms with Crippen molar-refractivity contribution >= 4 is 18.3 Å². The standard InChI is InChI=1S/C39H48O16.C33H38O17/c1-18-30-24(13-46-18)34(54-37-33(41)32(40)36-29(53-37)14-47-19(2)52-36)23-10-26-25(50-17-51-26)9-22(23)31(30)20-7-27(43-5)35(28(8-20)44-6)55-38(42)48-12-21-11-45-15-39(3,4)16-49-21;1-13-42-11-23-30(47-13)26(36)27(37)32(48-23)49-28-17-7-20-19(45-12-46-20)6-16(17)24(25-18(28)10-43-31(25)38)14-4-21(40-2)29(22(5-14)41-3)50-33(39)44-9-15(35)8-34/h7-10,19,21,24,29-34,36-37,40-41H,1,11-17H2,2-6H3;4-7,13,15,18,23-28,30,32,34-37H,8-12H2,1-3H3/t19?,21?,24?,29?,30-,31+,32?,33?,34?,36?,37?;13?,15?,18?,23?,24-,25+,26?,27?,28?,30?,32?/m01/s1. The van der Waals surface area contributed by atoms with Gasteiger partial charge in [-0.25, -0.2) is 9.59 Å². The summed E-state index contributed by atoms with van der Waals surface area (Å²) < 4.78 is 139. The van der Waals surface area contributed by atoms with Crippen LogP contribution in [0.2, 0.25) is 0 Å². The van der Waals surface area contributed by atoms with Crippen molar-refractivity contribution in [3.8, 4) is 57.5 Å². The van der Waals surface area contributed by atoms with Gasteiger partial charge in [-0.05, 0) is 95.8 Å². The van der Waals surface area contributed by atoms with E-state index in [2.05, 4.69) is 6.58 Å². The average Bonchev–Trinajstić information content (AvgIpc) is 1.71. The lowest BCUT2D eigenvalue weighted by Crippen LogP contribution is -2.63. The Morgan fingerprint density at radius 3 is 1.48 bits per heavy atom. The number of hydrogen-bond donors (Lipinski definition) is 6. The van der Waals surface area contributed by atoms with Crippen LogP contribution in [-0.2, 0) is 71.1 Å². The summed E-state index contributed by atoms with van der Waals surface area (Å²) in [5.74, 6) is -0.819. The Kier molecular flexibility index (Phi) is 21.7. The first-order chi connectivity index (χ1) is 50.5. The van der Waals surface area contributed by atoms with Gasteiger partial charge in [0.15, 0.2) is 71.2 Å². The number of ether oxygens (including phenoxy) is 24. The van der Waals surface area contributed by atoms with E-state index in [9.17, 15) is 39.9 Å². The van der Waals surface area contributed by atoms with Crippen LogP contribution in [0, 0.1) is 29.1 Å². The van der Waals surface area contributed by atoms with Gasteiger partial charge in [0.25, 0.3) is 0 Å². The second-order valence-electron chi connectivity index (χ2n) is 27.9. The molecule has 18 unspecified atom stereocenters. The number of esters is 1. The van der Waals surface area contributed by atoms with E-state index in [1.807, 2.05) is 26.0 Å². The summed E-state index contributed by atoms with van der Waals surface area (Å²) in [5.41, 5.74) is 3.86. The molecule has 33 heteroatoms. The van der Waals surface area contributed by atoms with Gasteiger partial charge >= 0.3 is 18.3 Å².